The van der Waals surface area contributed by atoms with Gasteiger partial charge >= 0.3 is 5.97 Å². The Morgan fingerprint density at radius 1 is 1.10 bits per heavy atom. The fraction of sp³-hybridized carbons (Fsp3) is 0.231. The normalized spacial score (nSPS) is 10.3. The van der Waals surface area contributed by atoms with Crippen molar-refractivity contribution in [3.05, 3.63) is 34.1 Å². The SMILES string of the molecule is CNc1cc2cc(C(=O)O)c(=O)n(NC)c2cc1NC. The summed E-state index contributed by atoms with van der Waals surface area (Å²) in [5.41, 5.74) is 4.08. The van der Waals surface area contributed by atoms with Crippen LogP contribution in [-0.4, -0.2) is 36.9 Å². The van der Waals surface area contributed by atoms with Gasteiger partial charge in [-0.15, -0.1) is 0 Å². The molecule has 0 spiro atoms. The molecule has 7 heteroatoms. The molecule has 0 saturated heterocycles. The van der Waals surface area contributed by atoms with Crippen molar-refractivity contribution >= 4 is 28.2 Å². The standard InChI is InChI=1S/C13H16N4O3/c1-14-9-5-7-4-8(13(19)20)12(18)17(16-3)11(7)6-10(9)15-2/h4-6,14-16H,1-3H3,(H,19,20). The summed E-state index contributed by atoms with van der Waals surface area (Å²) >= 11 is 0. The van der Waals surface area contributed by atoms with Crippen LogP contribution in [0.4, 0.5) is 11.4 Å². The van der Waals surface area contributed by atoms with Gasteiger partial charge in [0.25, 0.3) is 5.56 Å². The number of nitrogens with zero attached hydrogens (tertiary/aromatic N) is 1. The summed E-state index contributed by atoms with van der Waals surface area (Å²) in [5, 5.41) is 15.8. The first-order valence-corrected chi connectivity index (χ1v) is 6.03. The van der Waals surface area contributed by atoms with Crippen LogP contribution >= 0.6 is 0 Å². The first kappa shape index (κ1) is 13.7. The molecule has 7 nitrogen and oxygen atoms in total. The number of nitrogens with one attached hydrogen (secondary N) is 3. The summed E-state index contributed by atoms with van der Waals surface area (Å²) in [6.07, 6.45) is 0. The number of rotatable bonds is 4. The van der Waals surface area contributed by atoms with Crippen molar-refractivity contribution in [1.29, 1.82) is 0 Å². The lowest BCUT2D eigenvalue weighted by molar-refractivity contribution is 0.0694. The fourth-order valence-electron chi connectivity index (χ4n) is 2.15. The van der Waals surface area contributed by atoms with E-state index in [0.29, 0.717) is 10.9 Å². The van der Waals surface area contributed by atoms with E-state index in [4.69, 9.17) is 5.11 Å². The molecular weight excluding hydrogens is 260 g/mol. The topological polar surface area (TPSA) is 95.4 Å². The zero-order valence-electron chi connectivity index (χ0n) is 11.4. The highest BCUT2D eigenvalue weighted by molar-refractivity contribution is 5.96. The number of carboxylic acids is 1. The van der Waals surface area contributed by atoms with Crippen molar-refractivity contribution in [3.63, 3.8) is 0 Å². The maximum absolute atomic E-state index is 12.1. The lowest BCUT2D eigenvalue weighted by atomic mass is 10.1. The molecule has 0 bridgehead atoms. The predicted octanol–water partition coefficient (Wildman–Crippen LogP) is 0.956. The van der Waals surface area contributed by atoms with Crippen molar-refractivity contribution in [3.8, 4) is 0 Å². The molecule has 1 aromatic carbocycles. The van der Waals surface area contributed by atoms with Crippen LogP contribution in [0.15, 0.2) is 23.0 Å². The average molecular weight is 276 g/mol. The zero-order chi connectivity index (χ0) is 14.9. The molecule has 0 atom stereocenters. The third kappa shape index (κ3) is 2.03. The first-order chi connectivity index (χ1) is 9.53. The monoisotopic (exact) mass is 276 g/mol. The van der Waals surface area contributed by atoms with E-state index in [9.17, 15) is 9.59 Å². The molecule has 1 heterocycles. The van der Waals surface area contributed by atoms with E-state index >= 15 is 0 Å². The van der Waals surface area contributed by atoms with E-state index in [2.05, 4.69) is 16.1 Å². The van der Waals surface area contributed by atoms with Gasteiger partial charge in [0, 0.05) is 26.5 Å². The van der Waals surface area contributed by atoms with Crippen molar-refractivity contribution in [2.75, 3.05) is 37.2 Å². The Bertz CT molecular complexity index is 736. The molecule has 2 rings (SSSR count). The number of pyridine rings is 1. The number of aromatic nitrogens is 1. The number of anilines is 2. The maximum atomic E-state index is 12.1. The van der Waals surface area contributed by atoms with Gasteiger partial charge in [-0.2, -0.15) is 0 Å². The number of benzene rings is 1. The molecule has 0 radical (unpaired) electrons. The number of fused-ring (bicyclic) bond motifs is 1. The van der Waals surface area contributed by atoms with E-state index < -0.39 is 11.5 Å². The lowest BCUT2D eigenvalue weighted by Crippen LogP contribution is -2.31. The number of hydrogen-bond acceptors (Lipinski definition) is 5. The van der Waals surface area contributed by atoms with Crippen LogP contribution < -0.4 is 21.6 Å². The number of carboxylic acid groups (broad SMARTS) is 1. The van der Waals surface area contributed by atoms with Crippen molar-refractivity contribution < 1.29 is 9.90 Å². The Hall–Kier alpha value is -2.70. The predicted molar refractivity (Wildman–Crippen MR) is 79.5 cm³/mol. The van der Waals surface area contributed by atoms with Crippen molar-refractivity contribution in [1.82, 2.24) is 4.68 Å². The van der Waals surface area contributed by atoms with Gasteiger partial charge in [-0.3, -0.25) is 4.79 Å². The van der Waals surface area contributed by atoms with Gasteiger partial charge in [0.1, 0.15) is 5.56 Å². The Balaban J connectivity index is 2.92. The molecule has 1 aromatic heterocycles. The fourth-order valence-corrected chi connectivity index (χ4v) is 2.15. The van der Waals surface area contributed by atoms with Crippen LogP contribution in [0.3, 0.4) is 0 Å². The Kier molecular flexibility index (Phi) is 3.51. The molecule has 106 valence electrons. The van der Waals surface area contributed by atoms with E-state index in [1.807, 2.05) is 0 Å². The highest BCUT2D eigenvalue weighted by Crippen LogP contribution is 2.27. The second kappa shape index (κ2) is 5.12. The van der Waals surface area contributed by atoms with E-state index in [1.54, 1.807) is 33.3 Å². The molecule has 0 unspecified atom stereocenters. The zero-order valence-corrected chi connectivity index (χ0v) is 11.4. The molecule has 0 aliphatic rings. The van der Waals surface area contributed by atoms with Crippen LogP contribution in [0.1, 0.15) is 10.4 Å². The lowest BCUT2D eigenvalue weighted by Gasteiger charge is -2.15. The van der Waals surface area contributed by atoms with Gasteiger partial charge in [0.05, 0.1) is 16.9 Å². The molecule has 0 fully saturated rings. The smallest absolute Gasteiger partial charge is 0.341 e. The quantitative estimate of drug-likeness (QED) is 0.664. The first-order valence-electron chi connectivity index (χ1n) is 6.03. The van der Waals surface area contributed by atoms with Crippen LogP contribution in [0.5, 0.6) is 0 Å². The van der Waals surface area contributed by atoms with Crippen molar-refractivity contribution in [2.24, 2.45) is 0 Å². The average Bonchev–Trinajstić information content (AvgIpc) is 2.44. The van der Waals surface area contributed by atoms with Crippen LogP contribution in [0.25, 0.3) is 10.9 Å². The Morgan fingerprint density at radius 2 is 1.70 bits per heavy atom. The number of aromatic carboxylic acids is 1. The van der Waals surface area contributed by atoms with Crippen LogP contribution in [0, 0.1) is 0 Å². The summed E-state index contributed by atoms with van der Waals surface area (Å²) in [7, 11) is 5.11. The van der Waals surface area contributed by atoms with Crippen LogP contribution in [0.2, 0.25) is 0 Å². The number of carbonyl (C=O) groups is 1. The highest BCUT2D eigenvalue weighted by atomic mass is 16.4. The van der Waals surface area contributed by atoms with E-state index in [1.165, 1.54) is 10.7 Å². The van der Waals surface area contributed by atoms with Gasteiger partial charge in [-0.1, -0.05) is 0 Å². The molecule has 4 N–H and O–H groups in total. The summed E-state index contributed by atoms with van der Waals surface area (Å²) in [6.45, 7) is 0. The van der Waals surface area contributed by atoms with Gasteiger partial charge < -0.3 is 21.2 Å². The van der Waals surface area contributed by atoms with E-state index in [0.717, 1.165) is 11.4 Å². The second-order valence-corrected chi connectivity index (χ2v) is 4.18. The third-order valence-corrected chi connectivity index (χ3v) is 3.13. The minimum atomic E-state index is -1.25. The molecule has 2 aromatic rings. The largest absolute Gasteiger partial charge is 0.477 e. The van der Waals surface area contributed by atoms with Gasteiger partial charge in [0.2, 0.25) is 0 Å². The van der Waals surface area contributed by atoms with Gasteiger partial charge in [-0.25, -0.2) is 9.47 Å². The summed E-state index contributed by atoms with van der Waals surface area (Å²) in [6, 6.07) is 4.96. The molecule has 0 saturated carbocycles. The highest BCUT2D eigenvalue weighted by Gasteiger charge is 2.15. The van der Waals surface area contributed by atoms with Crippen molar-refractivity contribution in [2.45, 2.75) is 0 Å². The minimum absolute atomic E-state index is 0.272. The van der Waals surface area contributed by atoms with Gasteiger partial charge in [-0.05, 0) is 18.2 Å². The number of hydrogen-bond donors (Lipinski definition) is 4. The summed E-state index contributed by atoms with van der Waals surface area (Å²) < 4.78 is 1.22. The molecule has 20 heavy (non-hydrogen) atoms. The molecule has 0 aliphatic carbocycles. The molecule has 0 aliphatic heterocycles. The molecular formula is C13H16N4O3. The minimum Gasteiger partial charge on any atom is -0.477 e. The molecule has 0 amide bonds. The van der Waals surface area contributed by atoms with Crippen LogP contribution in [-0.2, 0) is 0 Å². The second-order valence-electron chi connectivity index (χ2n) is 4.18. The Morgan fingerprint density at radius 3 is 2.20 bits per heavy atom. The maximum Gasteiger partial charge on any atom is 0.341 e. The van der Waals surface area contributed by atoms with Gasteiger partial charge in [0.15, 0.2) is 0 Å². The third-order valence-electron chi connectivity index (χ3n) is 3.13. The summed E-state index contributed by atoms with van der Waals surface area (Å²) in [5.74, 6) is -1.25. The Labute approximate surface area is 115 Å². The van der Waals surface area contributed by atoms with E-state index in [-0.39, 0.29) is 5.56 Å². The summed E-state index contributed by atoms with van der Waals surface area (Å²) in [4.78, 5) is 23.2.